The van der Waals surface area contributed by atoms with Gasteiger partial charge in [0.25, 0.3) is 5.56 Å². The second-order valence-electron chi connectivity index (χ2n) is 5.71. The summed E-state index contributed by atoms with van der Waals surface area (Å²) in [6.45, 7) is 5.12. The number of hydrogen-bond acceptors (Lipinski definition) is 3. The lowest BCUT2D eigenvalue weighted by molar-refractivity contribution is -0.136. The predicted molar refractivity (Wildman–Crippen MR) is 80.6 cm³/mol. The Morgan fingerprint density at radius 3 is 2.41 bits per heavy atom. The second-order valence-corrected chi connectivity index (χ2v) is 6.57. The van der Waals surface area contributed by atoms with E-state index in [1.165, 1.54) is 0 Å². The second kappa shape index (κ2) is 5.91. The van der Waals surface area contributed by atoms with Gasteiger partial charge in [0.15, 0.2) is 0 Å². The maximum Gasteiger partial charge on any atom is 0.390 e. The number of rotatable bonds is 4. The van der Waals surface area contributed by atoms with Gasteiger partial charge in [0.2, 0.25) is 0 Å². The van der Waals surface area contributed by atoms with E-state index in [-0.39, 0.29) is 12.5 Å². The summed E-state index contributed by atoms with van der Waals surface area (Å²) in [7, 11) is 0. The zero-order valence-electron chi connectivity index (χ0n) is 12.5. The third-order valence-electron chi connectivity index (χ3n) is 3.29. The van der Waals surface area contributed by atoms with Crippen molar-refractivity contribution in [3.05, 3.63) is 31.8 Å². The van der Waals surface area contributed by atoms with E-state index in [2.05, 4.69) is 0 Å². The average molecular weight is 334 g/mol. The molecule has 0 radical (unpaired) electrons. The standard InChI is InChI=1S/C14H17F3N2O2S/c1-8(2)6-19-11(20)10-9(3)7-22-12(10)18(13(19)21)5-4-14(15,16)17/h7-8H,4-6H2,1-3H3. The predicted octanol–water partition coefficient (Wildman–Crippen LogP) is 3.14. The number of alkyl halides is 3. The quantitative estimate of drug-likeness (QED) is 0.862. The zero-order chi connectivity index (χ0) is 16.7. The van der Waals surface area contributed by atoms with Crippen LogP contribution in [-0.4, -0.2) is 15.3 Å². The van der Waals surface area contributed by atoms with Crippen LogP contribution in [0.15, 0.2) is 15.0 Å². The molecule has 2 aromatic heterocycles. The van der Waals surface area contributed by atoms with Crippen LogP contribution in [0.4, 0.5) is 13.2 Å². The molecule has 0 saturated heterocycles. The summed E-state index contributed by atoms with van der Waals surface area (Å²) < 4.78 is 39.6. The van der Waals surface area contributed by atoms with E-state index in [9.17, 15) is 22.8 Å². The fourth-order valence-corrected chi connectivity index (χ4v) is 3.37. The Kier molecular flexibility index (Phi) is 4.51. The maximum absolute atomic E-state index is 12.5. The molecule has 0 amide bonds. The van der Waals surface area contributed by atoms with Crippen molar-refractivity contribution in [2.45, 2.75) is 46.5 Å². The molecule has 0 saturated carbocycles. The van der Waals surface area contributed by atoms with Crippen LogP contribution in [0, 0.1) is 12.8 Å². The van der Waals surface area contributed by atoms with Gasteiger partial charge >= 0.3 is 11.9 Å². The van der Waals surface area contributed by atoms with E-state index in [1.54, 1.807) is 12.3 Å². The molecule has 0 aliphatic carbocycles. The highest BCUT2D eigenvalue weighted by Gasteiger charge is 2.28. The molecule has 0 bridgehead atoms. The van der Waals surface area contributed by atoms with E-state index < -0.39 is 30.4 Å². The SMILES string of the molecule is Cc1csc2c1c(=O)n(CC(C)C)c(=O)n2CCC(F)(F)F. The van der Waals surface area contributed by atoms with E-state index in [0.29, 0.717) is 15.8 Å². The Balaban J connectivity index is 2.68. The molecule has 0 fully saturated rings. The summed E-state index contributed by atoms with van der Waals surface area (Å²) in [6.07, 6.45) is -5.45. The summed E-state index contributed by atoms with van der Waals surface area (Å²) in [4.78, 5) is 25.2. The van der Waals surface area contributed by atoms with Crippen molar-refractivity contribution in [1.82, 2.24) is 9.13 Å². The summed E-state index contributed by atoms with van der Waals surface area (Å²) >= 11 is 1.13. The van der Waals surface area contributed by atoms with Crippen molar-refractivity contribution in [3.8, 4) is 0 Å². The topological polar surface area (TPSA) is 44.0 Å². The monoisotopic (exact) mass is 334 g/mol. The number of hydrogen-bond donors (Lipinski definition) is 0. The molecular formula is C14H17F3N2O2S. The molecule has 0 aliphatic heterocycles. The summed E-state index contributed by atoms with van der Waals surface area (Å²) in [6, 6.07) is 0. The summed E-state index contributed by atoms with van der Waals surface area (Å²) in [5, 5.41) is 2.03. The average Bonchev–Trinajstić information content (AvgIpc) is 2.75. The van der Waals surface area contributed by atoms with Crippen LogP contribution in [0.1, 0.15) is 25.8 Å². The molecule has 4 nitrogen and oxygen atoms in total. The van der Waals surface area contributed by atoms with Gasteiger partial charge in [0.1, 0.15) is 4.83 Å². The van der Waals surface area contributed by atoms with E-state index in [1.807, 2.05) is 13.8 Å². The number of aryl methyl sites for hydroxylation is 2. The summed E-state index contributed by atoms with van der Waals surface area (Å²) in [5.41, 5.74) is -0.406. The largest absolute Gasteiger partial charge is 0.390 e. The molecule has 0 aliphatic rings. The maximum atomic E-state index is 12.5. The van der Waals surface area contributed by atoms with Gasteiger partial charge < -0.3 is 0 Å². The molecule has 8 heteroatoms. The normalized spacial score (nSPS) is 12.5. The Morgan fingerprint density at radius 2 is 1.86 bits per heavy atom. The van der Waals surface area contributed by atoms with Crippen molar-refractivity contribution >= 4 is 21.6 Å². The molecule has 2 heterocycles. The molecule has 0 N–H and O–H groups in total. The highest BCUT2D eigenvalue weighted by atomic mass is 32.1. The van der Waals surface area contributed by atoms with Crippen LogP contribution in [0.5, 0.6) is 0 Å². The van der Waals surface area contributed by atoms with Crippen molar-refractivity contribution in [1.29, 1.82) is 0 Å². The van der Waals surface area contributed by atoms with Gasteiger partial charge in [0, 0.05) is 13.1 Å². The molecular weight excluding hydrogens is 317 g/mol. The van der Waals surface area contributed by atoms with Crippen LogP contribution in [0.2, 0.25) is 0 Å². The first kappa shape index (κ1) is 16.8. The molecule has 0 spiro atoms. The molecule has 2 aromatic rings. The third kappa shape index (κ3) is 3.26. The van der Waals surface area contributed by atoms with Crippen molar-refractivity contribution in [3.63, 3.8) is 0 Å². The fourth-order valence-electron chi connectivity index (χ4n) is 2.31. The highest BCUT2D eigenvalue weighted by molar-refractivity contribution is 7.17. The van der Waals surface area contributed by atoms with Gasteiger partial charge in [-0.25, -0.2) is 4.79 Å². The minimum Gasteiger partial charge on any atom is -0.284 e. The van der Waals surface area contributed by atoms with Crippen LogP contribution < -0.4 is 11.2 Å². The minimum absolute atomic E-state index is 0.0397. The van der Waals surface area contributed by atoms with Gasteiger partial charge in [-0.3, -0.25) is 13.9 Å². The fraction of sp³-hybridized carbons (Fsp3) is 0.571. The molecule has 122 valence electrons. The van der Waals surface area contributed by atoms with Crippen LogP contribution in [-0.2, 0) is 13.1 Å². The van der Waals surface area contributed by atoms with Crippen molar-refractivity contribution < 1.29 is 13.2 Å². The number of halogens is 3. The lowest BCUT2D eigenvalue weighted by Crippen LogP contribution is -2.41. The number of thiophene rings is 1. The van der Waals surface area contributed by atoms with E-state index in [0.717, 1.165) is 20.5 Å². The lowest BCUT2D eigenvalue weighted by atomic mass is 10.2. The van der Waals surface area contributed by atoms with Gasteiger partial charge in [-0.1, -0.05) is 13.8 Å². The molecule has 22 heavy (non-hydrogen) atoms. The number of fused-ring (bicyclic) bond motifs is 1. The Labute approximate surface area is 128 Å². The summed E-state index contributed by atoms with van der Waals surface area (Å²) in [5.74, 6) is 0.0397. The van der Waals surface area contributed by atoms with Gasteiger partial charge in [-0.15, -0.1) is 11.3 Å². The van der Waals surface area contributed by atoms with Crippen LogP contribution >= 0.6 is 11.3 Å². The van der Waals surface area contributed by atoms with Gasteiger partial charge in [-0.2, -0.15) is 13.2 Å². The number of nitrogens with zero attached hydrogens (tertiary/aromatic N) is 2. The molecule has 0 aromatic carbocycles. The first-order chi connectivity index (χ1) is 10.1. The van der Waals surface area contributed by atoms with Gasteiger partial charge in [0.05, 0.1) is 11.8 Å². The zero-order valence-corrected chi connectivity index (χ0v) is 13.3. The minimum atomic E-state index is -4.35. The van der Waals surface area contributed by atoms with Crippen LogP contribution in [0.3, 0.4) is 0 Å². The van der Waals surface area contributed by atoms with Crippen molar-refractivity contribution in [2.24, 2.45) is 5.92 Å². The molecule has 2 rings (SSSR count). The van der Waals surface area contributed by atoms with E-state index >= 15 is 0 Å². The third-order valence-corrected chi connectivity index (χ3v) is 4.41. The van der Waals surface area contributed by atoms with Crippen LogP contribution in [0.25, 0.3) is 10.2 Å². The smallest absolute Gasteiger partial charge is 0.284 e. The first-order valence-electron chi connectivity index (χ1n) is 6.90. The molecule has 0 unspecified atom stereocenters. The van der Waals surface area contributed by atoms with E-state index in [4.69, 9.17) is 0 Å². The Bertz CT molecular complexity index is 799. The first-order valence-corrected chi connectivity index (χ1v) is 7.78. The highest BCUT2D eigenvalue weighted by Crippen LogP contribution is 2.24. The Morgan fingerprint density at radius 1 is 1.23 bits per heavy atom. The Hall–Kier alpha value is -1.57. The lowest BCUT2D eigenvalue weighted by Gasteiger charge is -2.14. The van der Waals surface area contributed by atoms with Gasteiger partial charge in [-0.05, 0) is 23.8 Å². The van der Waals surface area contributed by atoms with Crippen molar-refractivity contribution in [2.75, 3.05) is 0 Å². The molecule has 0 atom stereocenters. The number of aromatic nitrogens is 2.